The summed E-state index contributed by atoms with van der Waals surface area (Å²) in [6.45, 7) is 14.7. The molecule has 0 fully saturated rings. The van der Waals surface area contributed by atoms with Crippen molar-refractivity contribution in [1.82, 2.24) is 20.9 Å². The lowest BCUT2D eigenvalue weighted by Crippen LogP contribution is -2.62. The third kappa shape index (κ3) is 7.64. The zero-order chi connectivity index (χ0) is 25.4. The number of nitrogens with zero attached hydrogens (tertiary/aromatic N) is 1. The van der Waals surface area contributed by atoms with Gasteiger partial charge in [0.2, 0.25) is 11.8 Å². The number of hydrogen-bond donors (Lipinski definition) is 3. The number of aldehydes is 1. The quantitative estimate of drug-likeness (QED) is 0.329. The van der Waals surface area contributed by atoms with Crippen LogP contribution in [0.15, 0.2) is 30.3 Å². The fourth-order valence-electron chi connectivity index (χ4n) is 4.21. The highest BCUT2D eigenvalue weighted by molar-refractivity contribution is 5.91. The highest BCUT2D eigenvalue weighted by Crippen LogP contribution is 2.28. The lowest BCUT2D eigenvalue weighted by molar-refractivity contribution is -0.141. The predicted molar refractivity (Wildman–Crippen MR) is 134 cm³/mol. The summed E-state index contributed by atoms with van der Waals surface area (Å²) in [5.74, 6) is -0.181. The Morgan fingerprint density at radius 2 is 1.61 bits per heavy atom. The lowest BCUT2D eigenvalue weighted by atomic mass is 9.76. The van der Waals surface area contributed by atoms with Gasteiger partial charge in [-0.2, -0.15) is 0 Å². The van der Waals surface area contributed by atoms with Crippen molar-refractivity contribution in [2.75, 3.05) is 27.2 Å². The second kappa shape index (κ2) is 12.3. The van der Waals surface area contributed by atoms with Gasteiger partial charge >= 0.3 is 0 Å². The van der Waals surface area contributed by atoms with Gasteiger partial charge in [-0.15, -0.1) is 0 Å². The van der Waals surface area contributed by atoms with Gasteiger partial charge in [-0.3, -0.25) is 9.59 Å². The molecule has 33 heavy (non-hydrogen) atoms. The number of amides is 2. The van der Waals surface area contributed by atoms with Crippen molar-refractivity contribution in [1.29, 1.82) is 0 Å². The van der Waals surface area contributed by atoms with Gasteiger partial charge in [0.1, 0.15) is 12.3 Å². The number of carbonyl (C=O) groups is 3. The summed E-state index contributed by atoms with van der Waals surface area (Å²) in [5.41, 5.74) is 0.0568. The Bertz CT molecular complexity index is 771. The van der Waals surface area contributed by atoms with Crippen LogP contribution >= 0.6 is 0 Å². The third-order valence-electron chi connectivity index (χ3n) is 6.39. The van der Waals surface area contributed by atoms with Crippen molar-refractivity contribution < 1.29 is 14.4 Å². The van der Waals surface area contributed by atoms with Gasteiger partial charge in [-0.05, 0) is 23.9 Å². The first kappa shape index (κ1) is 28.8. The second-order valence-corrected chi connectivity index (χ2v) is 10.7. The van der Waals surface area contributed by atoms with E-state index in [9.17, 15) is 14.4 Å². The minimum absolute atomic E-state index is 0.111. The molecule has 0 bridgehead atoms. The Morgan fingerprint density at radius 3 is 2.06 bits per heavy atom. The summed E-state index contributed by atoms with van der Waals surface area (Å²) in [4.78, 5) is 39.5. The maximum atomic E-state index is 13.6. The van der Waals surface area contributed by atoms with Crippen LogP contribution in [0.4, 0.5) is 0 Å². The molecule has 0 aliphatic heterocycles. The molecule has 1 aromatic rings. The van der Waals surface area contributed by atoms with E-state index in [2.05, 4.69) is 16.0 Å². The van der Waals surface area contributed by atoms with Gasteiger partial charge in [-0.1, -0.05) is 78.8 Å². The van der Waals surface area contributed by atoms with Gasteiger partial charge in [0, 0.05) is 25.0 Å². The number of likely N-dealkylation sites (N-methyl/N-ethyl adjacent to an activating group) is 2. The van der Waals surface area contributed by atoms with E-state index in [1.165, 1.54) is 0 Å². The molecule has 1 aromatic carbocycles. The molecule has 0 spiro atoms. The Balaban J connectivity index is 3.16. The van der Waals surface area contributed by atoms with E-state index in [-0.39, 0.29) is 30.3 Å². The first-order valence-electron chi connectivity index (χ1n) is 11.7. The molecule has 0 aliphatic carbocycles. The zero-order valence-electron chi connectivity index (χ0n) is 21.9. The first-order valence-corrected chi connectivity index (χ1v) is 11.7. The standard InChI is InChI=1S/C26H44N4O3/c1-18(2)20(17-28-15-16-31)30(9)24(33)22(25(3,4)5)29-23(32)21(27-8)26(6,7)19-13-11-10-12-14-19/h10-14,16,18,20-22,27-28H,15,17H2,1-9H3,(H,29,32). The van der Waals surface area contributed by atoms with E-state index >= 15 is 0 Å². The van der Waals surface area contributed by atoms with Crippen molar-refractivity contribution in [2.24, 2.45) is 11.3 Å². The molecule has 1 rings (SSSR count). The van der Waals surface area contributed by atoms with E-state index in [0.717, 1.165) is 11.8 Å². The number of carbonyl (C=O) groups excluding carboxylic acids is 3. The minimum atomic E-state index is -0.704. The van der Waals surface area contributed by atoms with E-state index in [1.807, 2.05) is 78.8 Å². The molecule has 7 nitrogen and oxygen atoms in total. The molecule has 0 aliphatic rings. The van der Waals surface area contributed by atoms with Crippen LogP contribution in [0.1, 0.15) is 54.0 Å². The van der Waals surface area contributed by atoms with Crippen LogP contribution < -0.4 is 16.0 Å². The summed E-state index contributed by atoms with van der Waals surface area (Å²) in [5, 5.41) is 9.29. The maximum absolute atomic E-state index is 13.6. The fourth-order valence-corrected chi connectivity index (χ4v) is 4.21. The molecule has 0 radical (unpaired) electrons. The normalized spacial score (nSPS) is 15.0. The highest BCUT2D eigenvalue weighted by Gasteiger charge is 2.41. The van der Waals surface area contributed by atoms with Crippen LogP contribution in [-0.4, -0.2) is 68.3 Å². The average molecular weight is 461 g/mol. The number of hydrogen-bond acceptors (Lipinski definition) is 5. The monoisotopic (exact) mass is 460 g/mol. The van der Waals surface area contributed by atoms with Gasteiger partial charge < -0.3 is 25.6 Å². The second-order valence-electron chi connectivity index (χ2n) is 10.7. The van der Waals surface area contributed by atoms with Crippen molar-refractivity contribution in [3.63, 3.8) is 0 Å². The Kier molecular flexibility index (Phi) is 10.7. The molecule has 186 valence electrons. The molecule has 3 N–H and O–H groups in total. The van der Waals surface area contributed by atoms with Crippen molar-refractivity contribution in [3.05, 3.63) is 35.9 Å². The van der Waals surface area contributed by atoms with Crippen molar-refractivity contribution >= 4 is 18.1 Å². The Hall–Kier alpha value is -2.25. The molecule has 3 atom stereocenters. The van der Waals surface area contributed by atoms with E-state index in [4.69, 9.17) is 0 Å². The van der Waals surface area contributed by atoms with Crippen LogP contribution in [0, 0.1) is 11.3 Å². The van der Waals surface area contributed by atoms with Gasteiger partial charge in [-0.25, -0.2) is 0 Å². The summed E-state index contributed by atoms with van der Waals surface area (Å²) < 4.78 is 0. The summed E-state index contributed by atoms with van der Waals surface area (Å²) >= 11 is 0. The van der Waals surface area contributed by atoms with Crippen molar-refractivity contribution in [3.8, 4) is 0 Å². The number of rotatable bonds is 12. The molecule has 7 heteroatoms. The van der Waals surface area contributed by atoms with Crippen LogP contribution in [0.25, 0.3) is 0 Å². The van der Waals surface area contributed by atoms with Crippen LogP contribution in [0.3, 0.4) is 0 Å². The van der Waals surface area contributed by atoms with Gasteiger partial charge in [0.05, 0.1) is 12.6 Å². The predicted octanol–water partition coefficient (Wildman–Crippen LogP) is 2.35. The molecule has 0 saturated heterocycles. The molecule has 2 amide bonds. The molecule has 0 saturated carbocycles. The number of nitrogens with one attached hydrogen (secondary N) is 3. The largest absolute Gasteiger partial charge is 0.342 e. The zero-order valence-corrected chi connectivity index (χ0v) is 21.9. The van der Waals surface area contributed by atoms with E-state index < -0.39 is 22.9 Å². The lowest BCUT2D eigenvalue weighted by Gasteiger charge is -2.40. The van der Waals surface area contributed by atoms with E-state index in [1.54, 1.807) is 19.0 Å². The van der Waals surface area contributed by atoms with E-state index in [0.29, 0.717) is 6.54 Å². The minimum Gasteiger partial charge on any atom is -0.342 e. The first-order chi connectivity index (χ1) is 15.3. The average Bonchev–Trinajstić information content (AvgIpc) is 2.74. The number of benzene rings is 1. The molecular weight excluding hydrogens is 416 g/mol. The molecule has 0 aromatic heterocycles. The summed E-state index contributed by atoms with van der Waals surface area (Å²) in [6, 6.07) is 8.55. The molecular formula is C26H44N4O3. The van der Waals surface area contributed by atoms with Gasteiger partial charge in [0.25, 0.3) is 0 Å². The smallest absolute Gasteiger partial charge is 0.245 e. The topological polar surface area (TPSA) is 90.5 Å². The SMILES string of the molecule is CNC(C(=O)NC(C(=O)N(C)C(CNCC=O)C(C)C)C(C)(C)C)C(C)(C)c1ccccc1. The highest BCUT2D eigenvalue weighted by atomic mass is 16.2. The summed E-state index contributed by atoms with van der Waals surface area (Å²) in [7, 11) is 3.53. The maximum Gasteiger partial charge on any atom is 0.245 e. The molecule has 3 unspecified atom stereocenters. The van der Waals surface area contributed by atoms with Crippen molar-refractivity contribution in [2.45, 2.75) is 72.0 Å². The van der Waals surface area contributed by atoms with Crippen LogP contribution in [0.2, 0.25) is 0 Å². The Labute approximate surface area is 200 Å². The van der Waals surface area contributed by atoms with Crippen LogP contribution in [-0.2, 0) is 19.8 Å². The van der Waals surface area contributed by atoms with Gasteiger partial charge in [0.15, 0.2) is 0 Å². The Morgan fingerprint density at radius 1 is 1.03 bits per heavy atom. The third-order valence-corrected chi connectivity index (χ3v) is 6.39. The summed E-state index contributed by atoms with van der Waals surface area (Å²) in [6.07, 6.45) is 0.809. The fraction of sp³-hybridized carbons (Fsp3) is 0.654. The van der Waals surface area contributed by atoms with Crippen LogP contribution in [0.5, 0.6) is 0 Å². The molecule has 0 heterocycles.